The monoisotopic (exact) mass is 295 g/mol. The Kier molecular flexibility index (Phi) is 4.67. The molecule has 0 spiro atoms. The Bertz CT molecular complexity index is 618. The number of aryl methyl sites for hydroxylation is 2. The molecule has 0 amide bonds. The summed E-state index contributed by atoms with van der Waals surface area (Å²) in [6.45, 7) is 3.30. The second-order valence-electron chi connectivity index (χ2n) is 6.01. The Hall–Kier alpha value is -1.96. The van der Waals surface area contributed by atoms with E-state index < -0.39 is 0 Å². The molecule has 0 bridgehead atoms. The van der Waals surface area contributed by atoms with E-state index in [9.17, 15) is 0 Å². The first kappa shape index (κ1) is 15.0. The van der Waals surface area contributed by atoms with E-state index in [4.69, 9.17) is 4.74 Å². The van der Waals surface area contributed by atoms with Crippen molar-refractivity contribution in [3.8, 4) is 5.75 Å². The molecule has 0 atom stereocenters. The summed E-state index contributed by atoms with van der Waals surface area (Å²) in [4.78, 5) is 2.43. The fourth-order valence-electron chi connectivity index (χ4n) is 3.21. The third-order valence-electron chi connectivity index (χ3n) is 4.51. The van der Waals surface area contributed by atoms with Gasteiger partial charge in [-0.25, -0.2) is 0 Å². The Morgan fingerprint density at radius 2 is 1.68 bits per heavy atom. The number of anilines is 2. The molecule has 0 radical (unpaired) electrons. The molecule has 2 aromatic carbocycles. The molecule has 116 valence electrons. The predicted octanol–water partition coefficient (Wildman–Crippen LogP) is 5.12. The standard InChI is InChI=1S/C20H25NO/c1-3-4-14-21(18-10-12-20(22-2)13-11-18)19-9-8-16-6-5-7-17(16)15-19/h8-13,15H,3-7,14H2,1-2H3. The van der Waals surface area contributed by atoms with Gasteiger partial charge in [0.15, 0.2) is 0 Å². The van der Waals surface area contributed by atoms with Gasteiger partial charge in [0.2, 0.25) is 0 Å². The van der Waals surface area contributed by atoms with E-state index in [-0.39, 0.29) is 0 Å². The summed E-state index contributed by atoms with van der Waals surface area (Å²) < 4.78 is 5.28. The van der Waals surface area contributed by atoms with Crippen LogP contribution in [0.2, 0.25) is 0 Å². The molecule has 1 aliphatic carbocycles. The van der Waals surface area contributed by atoms with Crippen LogP contribution in [0.1, 0.15) is 37.3 Å². The number of hydrogen-bond donors (Lipinski definition) is 0. The van der Waals surface area contributed by atoms with Gasteiger partial charge in [-0.05, 0) is 73.2 Å². The van der Waals surface area contributed by atoms with Crippen LogP contribution in [0, 0.1) is 0 Å². The highest BCUT2D eigenvalue weighted by molar-refractivity contribution is 5.65. The smallest absolute Gasteiger partial charge is 0.119 e. The van der Waals surface area contributed by atoms with Crippen LogP contribution >= 0.6 is 0 Å². The van der Waals surface area contributed by atoms with E-state index in [0.717, 1.165) is 12.3 Å². The second-order valence-corrected chi connectivity index (χ2v) is 6.01. The minimum atomic E-state index is 0.910. The molecule has 0 aromatic heterocycles. The third kappa shape index (κ3) is 3.11. The lowest BCUT2D eigenvalue weighted by Gasteiger charge is -2.26. The highest BCUT2D eigenvalue weighted by Crippen LogP contribution is 2.32. The van der Waals surface area contributed by atoms with Gasteiger partial charge in [-0.3, -0.25) is 0 Å². The lowest BCUT2D eigenvalue weighted by Crippen LogP contribution is -2.18. The Morgan fingerprint density at radius 1 is 0.955 bits per heavy atom. The van der Waals surface area contributed by atoms with Crippen LogP contribution < -0.4 is 9.64 Å². The quantitative estimate of drug-likeness (QED) is 0.733. The van der Waals surface area contributed by atoms with Crippen molar-refractivity contribution < 1.29 is 4.74 Å². The summed E-state index contributed by atoms with van der Waals surface area (Å²) in [6.07, 6.45) is 6.18. The molecule has 0 saturated heterocycles. The van der Waals surface area contributed by atoms with Gasteiger partial charge in [-0.15, -0.1) is 0 Å². The first-order valence-electron chi connectivity index (χ1n) is 8.35. The summed E-state index contributed by atoms with van der Waals surface area (Å²) in [5, 5.41) is 0. The van der Waals surface area contributed by atoms with Crippen LogP contribution in [0.5, 0.6) is 5.75 Å². The van der Waals surface area contributed by atoms with Crippen molar-refractivity contribution in [2.75, 3.05) is 18.6 Å². The molecule has 0 heterocycles. The maximum Gasteiger partial charge on any atom is 0.119 e. The fraction of sp³-hybridized carbons (Fsp3) is 0.400. The summed E-state index contributed by atoms with van der Waals surface area (Å²) in [7, 11) is 1.71. The van der Waals surface area contributed by atoms with Crippen LogP contribution in [-0.2, 0) is 12.8 Å². The third-order valence-corrected chi connectivity index (χ3v) is 4.51. The second kappa shape index (κ2) is 6.87. The molecular weight excluding hydrogens is 270 g/mol. The van der Waals surface area contributed by atoms with Gasteiger partial charge in [0.1, 0.15) is 5.75 Å². The molecule has 0 fully saturated rings. The summed E-state index contributed by atoms with van der Waals surface area (Å²) in [6, 6.07) is 15.4. The largest absolute Gasteiger partial charge is 0.497 e. The Labute approximate surface area is 133 Å². The van der Waals surface area contributed by atoms with E-state index in [0.29, 0.717) is 0 Å². The Morgan fingerprint density at radius 3 is 2.41 bits per heavy atom. The van der Waals surface area contributed by atoms with Crippen molar-refractivity contribution in [1.82, 2.24) is 0 Å². The first-order valence-corrected chi connectivity index (χ1v) is 8.35. The Balaban J connectivity index is 1.91. The lowest BCUT2D eigenvalue weighted by atomic mass is 10.1. The lowest BCUT2D eigenvalue weighted by molar-refractivity contribution is 0.415. The number of benzene rings is 2. The number of rotatable bonds is 6. The minimum absolute atomic E-state index is 0.910. The van der Waals surface area contributed by atoms with Gasteiger partial charge in [0, 0.05) is 17.9 Å². The molecule has 0 aliphatic heterocycles. The molecule has 0 saturated carbocycles. The normalized spacial score (nSPS) is 13.0. The van der Waals surface area contributed by atoms with Crippen LogP contribution in [-0.4, -0.2) is 13.7 Å². The highest BCUT2D eigenvalue weighted by Gasteiger charge is 2.15. The molecular formula is C20H25NO. The molecule has 2 aromatic rings. The van der Waals surface area contributed by atoms with Crippen molar-refractivity contribution in [2.45, 2.75) is 39.0 Å². The predicted molar refractivity (Wildman–Crippen MR) is 93.4 cm³/mol. The van der Waals surface area contributed by atoms with E-state index >= 15 is 0 Å². The zero-order valence-corrected chi connectivity index (χ0v) is 13.6. The van der Waals surface area contributed by atoms with Gasteiger partial charge in [0.05, 0.1) is 7.11 Å². The van der Waals surface area contributed by atoms with Gasteiger partial charge in [-0.1, -0.05) is 19.4 Å². The van der Waals surface area contributed by atoms with Crippen molar-refractivity contribution in [1.29, 1.82) is 0 Å². The van der Waals surface area contributed by atoms with Gasteiger partial charge < -0.3 is 9.64 Å². The fourth-order valence-corrected chi connectivity index (χ4v) is 3.21. The number of unbranched alkanes of at least 4 members (excludes halogenated alkanes) is 1. The van der Waals surface area contributed by atoms with E-state index in [2.05, 4.69) is 42.2 Å². The van der Waals surface area contributed by atoms with Crippen molar-refractivity contribution >= 4 is 11.4 Å². The topological polar surface area (TPSA) is 12.5 Å². The van der Waals surface area contributed by atoms with Gasteiger partial charge in [0.25, 0.3) is 0 Å². The summed E-state index contributed by atoms with van der Waals surface area (Å²) in [5.74, 6) is 0.910. The molecule has 3 rings (SSSR count). The zero-order valence-electron chi connectivity index (χ0n) is 13.6. The van der Waals surface area contributed by atoms with E-state index in [1.807, 2.05) is 12.1 Å². The van der Waals surface area contributed by atoms with Crippen LogP contribution in [0.4, 0.5) is 11.4 Å². The number of methoxy groups -OCH3 is 1. The highest BCUT2D eigenvalue weighted by atomic mass is 16.5. The maximum atomic E-state index is 5.28. The van der Waals surface area contributed by atoms with Crippen molar-refractivity contribution in [3.63, 3.8) is 0 Å². The summed E-state index contributed by atoms with van der Waals surface area (Å²) >= 11 is 0. The maximum absolute atomic E-state index is 5.28. The number of ether oxygens (including phenoxy) is 1. The van der Waals surface area contributed by atoms with Gasteiger partial charge >= 0.3 is 0 Å². The molecule has 1 aliphatic rings. The zero-order chi connectivity index (χ0) is 15.4. The van der Waals surface area contributed by atoms with Crippen LogP contribution in [0.15, 0.2) is 42.5 Å². The summed E-state index contributed by atoms with van der Waals surface area (Å²) in [5.41, 5.74) is 5.63. The number of hydrogen-bond acceptors (Lipinski definition) is 2. The SMILES string of the molecule is CCCCN(c1ccc(OC)cc1)c1ccc2c(c1)CCC2. The van der Waals surface area contributed by atoms with E-state index in [1.165, 1.54) is 54.6 Å². The van der Waals surface area contributed by atoms with E-state index in [1.54, 1.807) is 7.11 Å². The van der Waals surface area contributed by atoms with Crippen molar-refractivity contribution in [2.24, 2.45) is 0 Å². The first-order chi connectivity index (χ1) is 10.8. The number of fused-ring (bicyclic) bond motifs is 1. The molecule has 2 heteroatoms. The minimum Gasteiger partial charge on any atom is -0.497 e. The molecule has 0 unspecified atom stereocenters. The molecule has 22 heavy (non-hydrogen) atoms. The van der Waals surface area contributed by atoms with Crippen LogP contribution in [0.3, 0.4) is 0 Å². The average molecular weight is 295 g/mol. The van der Waals surface area contributed by atoms with Crippen LogP contribution in [0.25, 0.3) is 0 Å². The average Bonchev–Trinajstić information content (AvgIpc) is 3.03. The van der Waals surface area contributed by atoms with Gasteiger partial charge in [-0.2, -0.15) is 0 Å². The molecule has 0 N–H and O–H groups in total. The molecule has 2 nitrogen and oxygen atoms in total. The number of nitrogens with zero attached hydrogens (tertiary/aromatic N) is 1. The van der Waals surface area contributed by atoms with Crippen molar-refractivity contribution in [3.05, 3.63) is 53.6 Å².